The lowest BCUT2D eigenvalue weighted by Crippen LogP contribution is -2.22. The van der Waals surface area contributed by atoms with E-state index in [1.165, 1.54) is 13.2 Å². The molecule has 2 rings (SSSR count). The molecule has 1 aromatic carbocycles. The Morgan fingerprint density at radius 3 is 2.72 bits per heavy atom. The highest BCUT2D eigenvalue weighted by atomic mass is 16.5. The summed E-state index contributed by atoms with van der Waals surface area (Å²) in [7, 11) is 1.54. The van der Waals surface area contributed by atoms with E-state index in [0.717, 1.165) is 0 Å². The van der Waals surface area contributed by atoms with Gasteiger partial charge in [-0.2, -0.15) is 0 Å². The molecule has 1 amide bonds. The molecule has 1 heterocycles. The van der Waals surface area contributed by atoms with E-state index in [2.05, 4.69) is 0 Å². The molecule has 5 nitrogen and oxygen atoms in total. The molecule has 94 valence electrons. The van der Waals surface area contributed by atoms with Crippen LogP contribution in [0.4, 0.5) is 0 Å². The second kappa shape index (κ2) is 4.52. The monoisotopic (exact) mass is 246 g/mol. The van der Waals surface area contributed by atoms with Gasteiger partial charge in [-0.25, -0.2) is 0 Å². The third-order valence-electron chi connectivity index (χ3n) is 2.84. The molecule has 2 aromatic rings. The number of nitrogens with two attached hydrogens (primary N) is 1. The number of carbonyl (C=O) groups excluding carboxylic acids is 1. The SMILES string of the molecule is COc1ccc2c(c1)c(=O)cc(C)n2CC(N)=O. The standard InChI is InChI=1S/C13H14N2O3/c1-8-5-12(16)10-6-9(18-2)3-4-11(10)15(8)7-13(14)17/h3-6H,7H2,1-2H3,(H2,14,17). The number of hydrogen-bond acceptors (Lipinski definition) is 3. The van der Waals surface area contributed by atoms with Gasteiger partial charge in [-0.1, -0.05) is 0 Å². The van der Waals surface area contributed by atoms with Crippen molar-refractivity contribution in [1.29, 1.82) is 0 Å². The third kappa shape index (κ3) is 2.07. The molecule has 0 saturated heterocycles. The molecule has 1 aromatic heterocycles. The highest BCUT2D eigenvalue weighted by Crippen LogP contribution is 2.19. The van der Waals surface area contributed by atoms with Gasteiger partial charge in [-0.05, 0) is 25.1 Å². The number of aryl methyl sites for hydroxylation is 1. The van der Waals surface area contributed by atoms with E-state index >= 15 is 0 Å². The molecule has 0 atom stereocenters. The molecule has 5 heteroatoms. The first-order valence-corrected chi connectivity index (χ1v) is 5.49. The van der Waals surface area contributed by atoms with Crippen molar-refractivity contribution in [3.05, 3.63) is 40.2 Å². The summed E-state index contributed by atoms with van der Waals surface area (Å²) in [6, 6.07) is 6.66. The van der Waals surface area contributed by atoms with E-state index in [1.807, 2.05) is 0 Å². The fourth-order valence-electron chi connectivity index (χ4n) is 1.98. The maximum atomic E-state index is 11.9. The Kier molecular flexibility index (Phi) is 3.06. The number of ether oxygens (including phenoxy) is 1. The predicted molar refractivity (Wildman–Crippen MR) is 68.7 cm³/mol. The van der Waals surface area contributed by atoms with Crippen LogP contribution >= 0.6 is 0 Å². The van der Waals surface area contributed by atoms with Crippen molar-refractivity contribution < 1.29 is 9.53 Å². The highest BCUT2D eigenvalue weighted by molar-refractivity contribution is 5.83. The molecule has 0 fully saturated rings. The lowest BCUT2D eigenvalue weighted by atomic mass is 10.1. The smallest absolute Gasteiger partial charge is 0.237 e. The van der Waals surface area contributed by atoms with Crippen molar-refractivity contribution in [2.75, 3.05) is 7.11 Å². The Hall–Kier alpha value is -2.30. The average molecular weight is 246 g/mol. The largest absolute Gasteiger partial charge is 0.497 e. The van der Waals surface area contributed by atoms with Gasteiger partial charge >= 0.3 is 0 Å². The van der Waals surface area contributed by atoms with Crippen LogP contribution in [0.1, 0.15) is 5.69 Å². The fourth-order valence-corrected chi connectivity index (χ4v) is 1.98. The van der Waals surface area contributed by atoms with E-state index in [1.54, 1.807) is 29.7 Å². The maximum Gasteiger partial charge on any atom is 0.237 e. The van der Waals surface area contributed by atoms with Gasteiger partial charge in [-0.3, -0.25) is 9.59 Å². The molecule has 0 aliphatic heterocycles. The van der Waals surface area contributed by atoms with Gasteiger partial charge in [0.15, 0.2) is 5.43 Å². The Labute approximate surface area is 104 Å². The Bertz CT molecular complexity index is 674. The van der Waals surface area contributed by atoms with Crippen LogP contribution in [-0.2, 0) is 11.3 Å². The fraction of sp³-hybridized carbons (Fsp3) is 0.231. The first-order valence-electron chi connectivity index (χ1n) is 5.49. The number of aromatic nitrogens is 1. The van der Waals surface area contributed by atoms with Crippen LogP contribution in [-0.4, -0.2) is 17.6 Å². The lowest BCUT2D eigenvalue weighted by molar-refractivity contribution is -0.118. The Morgan fingerprint density at radius 2 is 2.11 bits per heavy atom. The maximum absolute atomic E-state index is 11.9. The van der Waals surface area contributed by atoms with Crippen molar-refractivity contribution in [1.82, 2.24) is 4.57 Å². The van der Waals surface area contributed by atoms with Crippen molar-refractivity contribution in [2.24, 2.45) is 5.73 Å². The zero-order valence-corrected chi connectivity index (χ0v) is 10.3. The number of nitrogens with zero attached hydrogens (tertiary/aromatic N) is 1. The van der Waals surface area contributed by atoms with Crippen molar-refractivity contribution in [2.45, 2.75) is 13.5 Å². The van der Waals surface area contributed by atoms with Crippen molar-refractivity contribution >= 4 is 16.8 Å². The van der Waals surface area contributed by atoms with Crippen molar-refractivity contribution in [3.63, 3.8) is 0 Å². The minimum Gasteiger partial charge on any atom is -0.497 e. The van der Waals surface area contributed by atoms with E-state index < -0.39 is 5.91 Å². The van der Waals surface area contributed by atoms with E-state index in [9.17, 15) is 9.59 Å². The number of pyridine rings is 1. The summed E-state index contributed by atoms with van der Waals surface area (Å²) >= 11 is 0. The van der Waals surface area contributed by atoms with Gasteiger partial charge in [0.25, 0.3) is 0 Å². The van der Waals surface area contributed by atoms with Crippen LogP contribution in [0.15, 0.2) is 29.1 Å². The average Bonchev–Trinajstić information content (AvgIpc) is 2.33. The number of benzene rings is 1. The first kappa shape index (κ1) is 12.2. The summed E-state index contributed by atoms with van der Waals surface area (Å²) in [5.74, 6) is 0.160. The Morgan fingerprint density at radius 1 is 1.39 bits per heavy atom. The molecular formula is C13H14N2O3. The predicted octanol–water partition coefficient (Wildman–Crippen LogP) is 0.804. The molecule has 0 unspecified atom stereocenters. The molecular weight excluding hydrogens is 232 g/mol. The molecule has 2 N–H and O–H groups in total. The van der Waals surface area contributed by atoms with Gasteiger partial charge in [0.2, 0.25) is 5.91 Å². The van der Waals surface area contributed by atoms with Gasteiger partial charge in [0.05, 0.1) is 12.6 Å². The first-order chi connectivity index (χ1) is 8.52. The summed E-state index contributed by atoms with van der Waals surface area (Å²) in [5.41, 5.74) is 6.51. The lowest BCUT2D eigenvalue weighted by Gasteiger charge is -2.13. The van der Waals surface area contributed by atoms with E-state index in [0.29, 0.717) is 22.3 Å². The summed E-state index contributed by atoms with van der Waals surface area (Å²) in [6.07, 6.45) is 0. The van der Waals surface area contributed by atoms with E-state index in [-0.39, 0.29) is 12.0 Å². The van der Waals surface area contributed by atoms with E-state index in [4.69, 9.17) is 10.5 Å². The topological polar surface area (TPSA) is 74.3 Å². The highest BCUT2D eigenvalue weighted by Gasteiger charge is 2.09. The number of hydrogen-bond donors (Lipinski definition) is 1. The zero-order valence-electron chi connectivity index (χ0n) is 10.3. The van der Waals surface area contributed by atoms with Gasteiger partial charge in [0.1, 0.15) is 12.3 Å². The third-order valence-corrected chi connectivity index (χ3v) is 2.84. The summed E-state index contributed by atoms with van der Waals surface area (Å²) in [5, 5.41) is 0.515. The summed E-state index contributed by atoms with van der Waals surface area (Å²) < 4.78 is 6.81. The van der Waals surface area contributed by atoms with Gasteiger partial charge in [-0.15, -0.1) is 0 Å². The summed E-state index contributed by atoms with van der Waals surface area (Å²) in [6.45, 7) is 1.82. The normalized spacial score (nSPS) is 10.6. The second-order valence-corrected chi connectivity index (χ2v) is 4.09. The minimum atomic E-state index is -0.445. The van der Waals surface area contributed by atoms with Gasteiger partial charge in [0, 0.05) is 17.1 Å². The molecule has 0 aliphatic rings. The van der Waals surface area contributed by atoms with Crippen LogP contribution < -0.4 is 15.9 Å². The zero-order chi connectivity index (χ0) is 13.3. The Balaban J connectivity index is 2.78. The number of fused-ring (bicyclic) bond motifs is 1. The van der Waals surface area contributed by atoms with Crippen LogP contribution in [0.3, 0.4) is 0 Å². The van der Waals surface area contributed by atoms with Crippen LogP contribution in [0.5, 0.6) is 5.75 Å². The van der Waals surface area contributed by atoms with Gasteiger partial charge < -0.3 is 15.0 Å². The molecule has 0 radical (unpaired) electrons. The number of primary amides is 1. The molecule has 0 aliphatic carbocycles. The molecule has 0 spiro atoms. The number of amides is 1. The number of rotatable bonds is 3. The quantitative estimate of drug-likeness (QED) is 0.870. The molecule has 18 heavy (non-hydrogen) atoms. The second-order valence-electron chi connectivity index (χ2n) is 4.09. The number of carbonyl (C=O) groups is 1. The molecule has 0 saturated carbocycles. The van der Waals surface area contributed by atoms with Crippen LogP contribution in [0.2, 0.25) is 0 Å². The minimum absolute atomic E-state index is 0.0505. The van der Waals surface area contributed by atoms with Crippen LogP contribution in [0, 0.1) is 6.92 Å². The summed E-state index contributed by atoms with van der Waals surface area (Å²) in [4.78, 5) is 23.0. The van der Waals surface area contributed by atoms with Crippen molar-refractivity contribution in [3.8, 4) is 5.75 Å². The number of methoxy groups -OCH3 is 1. The molecule has 0 bridgehead atoms. The van der Waals surface area contributed by atoms with Crippen LogP contribution in [0.25, 0.3) is 10.9 Å².